The summed E-state index contributed by atoms with van der Waals surface area (Å²) in [5.41, 5.74) is 2.77. The van der Waals surface area contributed by atoms with Crippen molar-refractivity contribution < 1.29 is 8.78 Å². The number of thioether (sulfide) groups is 1. The average molecular weight is 327 g/mol. The minimum atomic E-state index is -0.892. The molecular weight excluding hydrogens is 316 g/mol. The van der Waals surface area contributed by atoms with Crippen LogP contribution in [-0.2, 0) is 5.75 Å². The van der Waals surface area contributed by atoms with Crippen LogP contribution < -0.4 is 0 Å². The number of nitrogens with zero attached hydrogens (tertiary/aromatic N) is 2. The van der Waals surface area contributed by atoms with E-state index in [0.29, 0.717) is 21.9 Å². The van der Waals surface area contributed by atoms with E-state index in [9.17, 15) is 8.78 Å². The van der Waals surface area contributed by atoms with Crippen LogP contribution in [-0.4, -0.2) is 15.0 Å². The van der Waals surface area contributed by atoms with Crippen LogP contribution in [0.4, 0.5) is 8.78 Å². The van der Waals surface area contributed by atoms with Crippen LogP contribution >= 0.6 is 11.8 Å². The molecule has 6 heteroatoms. The number of hydrogen-bond acceptors (Lipinski definition) is 3. The van der Waals surface area contributed by atoms with Gasteiger partial charge < -0.3 is 4.98 Å². The van der Waals surface area contributed by atoms with Crippen molar-refractivity contribution in [1.29, 1.82) is 0 Å². The minimum absolute atomic E-state index is 0.415. The van der Waals surface area contributed by atoms with Gasteiger partial charge in [-0.15, -0.1) is 0 Å². The molecule has 0 aliphatic rings. The Morgan fingerprint density at radius 1 is 0.913 bits per heavy atom. The number of hydrogen-bond donors (Lipinski definition) is 1. The van der Waals surface area contributed by atoms with Crippen molar-refractivity contribution in [3.8, 4) is 0 Å². The van der Waals surface area contributed by atoms with Crippen molar-refractivity contribution in [2.75, 3.05) is 0 Å². The van der Waals surface area contributed by atoms with Gasteiger partial charge >= 0.3 is 0 Å². The predicted molar refractivity (Wildman–Crippen MR) is 87.3 cm³/mol. The van der Waals surface area contributed by atoms with Gasteiger partial charge in [0.25, 0.3) is 0 Å². The van der Waals surface area contributed by atoms with Crippen LogP contribution in [0, 0.1) is 11.6 Å². The summed E-state index contributed by atoms with van der Waals surface area (Å²) in [7, 11) is 0. The SMILES string of the molecule is Fc1cc2nc(SCc3ccc4ccccc4n3)[nH]c2cc1F. The van der Waals surface area contributed by atoms with Crippen LogP contribution in [0.25, 0.3) is 21.9 Å². The molecule has 1 N–H and O–H groups in total. The third kappa shape index (κ3) is 2.77. The summed E-state index contributed by atoms with van der Waals surface area (Å²) in [4.78, 5) is 11.8. The van der Waals surface area contributed by atoms with Crippen LogP contribution in [0.5, 0.6) is 0 Å². The number of imidazole rings is 1. The summed E-state index contributed by atoms with van der Waals surface area (Å²) < 4.78 is 26.4. The number of benzene rings is 2. The topological polar surface area (TPSA) is 41.6 Å². The number of aromatic nitrogens is 3. The Labute approximate surface area is 134 Å². The molecule has 0 atom stereocenters. The molecule has 114 valence electrons. The Morgan fingerprint density at radius 3 is 2.65 bits per heavy atom. The average Bonchev–Trinajstić information content (AvgIpc) is 2.95. The van der Waals surface area contributed by atoms with E-state index in [4.69, 9.17) is 0 Å². The summed E-state index contributed by atoms with van der Waals surface area (Å²) in [6, 6.07) is 14.1. The highest BCUT2D eigenvalue weighted by atomic mass is 32.2. The zero-order chi connectivity index (χ0) is 15.8. The molecule has 0 aliphatic carbocycles. The Morgan fingerprint density at radius 2 is 1.74 bits per heavy atom. The van der Waals surface area contributed by atoms with E-state index in [1.165, 1.54) is 11.8 Å². The number of fused-ring (bicyclic) bond motifs is 2. The minimum Gasteiger partial charge on any atom is -0.333 e. The van der Waals surface area contributed by atoms with Crippen molar-refractivity contribution in [3.63, 3.8) is 0 Å². The maximum atomic E-state index is 13.2. The molecule has 0 unspecified atom stereocenters. The first-order chi connectivity index (χ1) is 11.2. The summed E-state index contributed by atoms with van der Waals surface area (Å²) >= 11 is 1.45. The Balaban J connectivity index is 1.57. The van der Waals surface area contributed by atoms with E-state index in [0.717, 1.165) is 28.7 Å². The number of nitrogens with one attached hydrogen (secondary N) is 1. The number of H-pyrrole nitrogens is 1. The zero-order valence-corrected chi connectivity index (χ0v) is 12.7. The summed E-state index contributed by atoms with van der Waals surface area (Å²) in [5.74, 6) is -1.15. The molecule has 0 fully saturated rings. The molecule has 2 aromatic carbocycles. The molecule has 3 nitrogen and oxygen atoms in total. The summed E-state index contributed by atoms with van der Waals surface area (Å²) in [6.45, 7) is 0. The molecule has 0 radical (unpaired) electrons. The molecule has 0 bridgehead atoms. The maximum absolute atomic E-state index is 13.2. The van der Waals surface area contributed by atoms with Crippen molar-refractivity contribution in [2.24, 2.45) is 0 Å². The first-order valence-corrected chi connectivity index (χ1v) is 8.00. The van der Waals surface area contributed by atoms with Gasteiger partial charge in [0.1, 0.15) is 0 Å². The molecule has 0 amide bonds. The van der Waals surface area contributed by atoms with E-state index in [-0.39, 0.29) is 0 Å². The van der Waals surface area contributed by atoms with Crippen molar-refractivity contribution in [3.05, 3.63) is 65.9 Å². The van der Waals surface area contributed by atoms with E-state index in [1.807, 2.05) is 36.4 Å². The maximum Gasteiger partial charge on any atom is 0.166 e. The van der Waals surface area contributed by atoms with Crippen LogP contribution in [0.15, 0.2) is 53.7 Å². The molecular formula is C17H11F2N3S. The van der Waals surface area contributed by atoms with Gasteiger partial charge in [-0.3, -0.25) is 4.98 Å². The van der Waals surface area contributed by atoms with Crippen molar-refractivity contribution >= 4 is 33.7 Å². The fourth-order valence-corrected chi connectivity index (χ4v) is 3.17. The molecule has 2 aromatic heterocycles. The zero-order valence-electron chi connectivity index (χ0n) is 11.9. The number of rotatable bonds is 3. The lowest BCUT2D eigenvalue weighted by Gasteiger charge is -2.01. The second-order valence-electron chi connectivity index (χ2n) is 5.11. The summed E-state index contributed by atoms with van der Waals surface area (Å²) in [5, 5.41) is 1.70. The monoisotopic (exact) mass is 327 g/mol. The van der Waals surface area contributed by atoms with Crippen molar-refractivity contribution in [1.82, 2.24) is 15.0 Å². The van der Waals surface area contributed by atoms with E-state index in [2.05, 4.69) is 15.0 Å². The number of halogens is 2. The highest BCUT2D eigenvalue weighted by Crippen LogP contribution is 2.24. The van der Waals surface area contributed by atoms with Gasteiger partial charge in [0, 0.05) is 23.3 Å². The van der Waals surface area contributed by atoms with Crippen LogP contribution in [0.2, 0.25) is 0 Å². The lowest BCUT2D eigenvalue weighted by atomic mass is 10.2. The Hall–Kier alpha value is -2.47. The Bertz CT molecular complexity index is 974. The fraction of sp³-hybridized carbons (Fsp3) is 0.0588. The van der Waals surface area contributed by atoms with E-state index >= 15 is 0 Å². The van der Waals surface area contributed by atoms with Gasteiger partial charge in [0.2, 0.25) is 0 Å². The standard InChI is InChI=1S/C17H11F2N3S/c18-12-7-15-16(8-13(12)19)22-17(21-15)23-9-11-6-5-10-3-1-2-4-14(10)20-11/h1-8H,9H2,(H,21,22). The molecule has 4 rings (SSSR count). The highest BCUT2D eigenvalue weighted by molar-refractivity contribution is 7.98. The molecule has 0 saturated heterocycles. The third-order valence-corrected chi connectivity index (χ3v) is 4.42. The van der Waals surface area contributed by atoms with Crippen molar-refractivity contribution in [2.45, 2.75) is 10.9 Å². The quantitative estimate of drug-likeness (QED) is 0.555. The van der Waals surface area contributed by atoms with Gasteiger partial charge in [0.05, 0.1) is 22.2 Å². The van der Waals surface area contributed by atoms with Gasteiger partial charge in [-0.25, -0.2) is 13.8 Å². The van der Waals surface area contributed by atoms with Crippen LogP contribution in [0.1, 0.15) is 5.69 Å². The lowest BCUT2D eigenvalue weighted by Crippen LogP contribution is -1.88. The smallest absolute Gasteiger partial charge is 0.166 e. The molecule has 2 heterocycles. The van der Waals surface area contributed by atoms with Gasteiger partial charge in [-0.05, 0) is 12.1 Å². The van der Waals surface area contributed by atoms with E-state index < -0.39 is 11.6 Å². The van der Waals surface area contributed by atoms with E-state index in [1.54, 1.807) is 0 Å². The third-order valence-electron chi connectivity index (χ3n) is 3.52. The number of para-hydroxylation sites is 1. The van der Waals surface area contributed by atoms with Gasteiger partial charge in [0.15, 0.2) is 16.8 Å². The van der Waals surface area contributed by atoms with Crippen LogP contribution in [0.3, 0.4) is 0 Å². The molecule has 4 aromatic rings. The second kappa shape index (κ2) is 5.62. The predicted octanol–water partition coefficient (Wildman–Crippen LogP) is 4.68. The molecule has 0 saturated carbocycles. The second-order valence-corrected chi connectivity index (χ2v) is 6.07. The number of pyridine rings is 1. The molecule has 23 heavy (non-hydrogen) atoms. The normalized spacial score (nSPS) is 11.4. The molecule has 0 aliphatic heterocycles. The number of aromatic amines is 1. The first-order valence-electron chi connectivity index (χ1n) is 7.01. The van der Waals surface area contributed by atoms with Gasteiger partial charge in [-0.1, -0.05) is 36.0 Å². The first kappa shape index (κ1) is 14.1. The molecule has 0 spiro atoms. The largest absolute Gasteiger partial charge is 0.333 e. The lowest BCUT2D eigenvalue weighted by molar-refractivity contribution is 0.510. The summed E-state index contributed by atoms with van der Waals surface area (Å²) in [6.07, 6.45) is 0. The Kier molecular flexibility index (Phi) is 3.46. The van der Waals surface area contributed by atoms with Gasteiger partial charge in [-0.2, -0.15) is 0 Å². The highest BCUT2D eigenvalue weighted by Gasteiger charge is 2.09. The fourth-order valence-electron chi connectivity index (χ4n) is 2.38.